The van der Waals surface area contributed by atoms with E-state index in [2.05, 4.69) is 41.0 Å². The van der Waals surface area contributed by atoms with Gasteiger partial charge in [0.25, 0.3) is 5.91 Å². The Balaban J connectivity index is 1.59. The van der Waals surface area contributed by atoms with Crippen molar-refractivity contribution >= 4 is 34.2 Å². The third-order valence-corrected chi connectivity index (χ3v) is 6.26. The van der Waals surface area contributed by atoms with Gasteiger partial charge < -0.3 is 15.6 Å². The molecule has 4 rings (SSSR count). The maximum atomic E-state index is 13.8. The maximum absolute atomic E-state index is 13.8. The normalized spacial score (nSPS) is 17.3. The van der Waals surface area contributed by atoms with Gasteiger partial charge in [0.05, 0.1) is 5.70 Å². The van der Waals surface area contributed by atoms with E-state index in [1.165, 1.54) is 17.7 Å². The third-order valence-electron chi connectivity index (χ3n) is 5.64. The fourth-order valence-corrected chi connectivity index (χ4v) is 4.93. The molecule has 29 heavy (non-hydrogen) atoms. The molecule has 2 aliphatic heterocycles. The van der Waals surface area contributed by atoms with Crippen molar-refractivity contribution in [3.63, 3.8) is 0 Å². The molecule has 2 aromatic carbocycles. The van der Waals surface area contributed by atoms with E-state index >= 15 is 0 Å². The molecule has 0 aromatic heterocycles. The van der Waals surface area contributed by atoms with E-state index in [0.717, 1.165) is 38.1 Å². The summed E-state index contributed by atoms with van der Waals surface area (Å²) in [6.07, 6.45) is 0.535. The number of fused-ring (bicyclic) bond motifs is 1. The number of hydrogen-bond donors (Lipinski definition) is 2. The molecule has 0 radical (unpaired) electrons. The molecule has 0 fully saturated rings. The zero-order valence-electron chi connectivity index (χ0n) is 16.5. The molecular weight excluding hydrogens is 482 g/mol. The summed E-state index contributed by atoms with van der Waals surface area (Å²) in [5, 5.41) is 2.03. The second-order valence-corrected chi connectivity index (χ2v) is 8.94. The Kier molecular flexibility index (Phi) is 5.63. The Morgan fingerprint density at radius 2 is 2.07 bits per heavy atom. The minimum absolute atomic E-state index is 0.00305. The molecule has 2 aliphatic rings. The van der Waals surface area contributed by atoms with Gasteiger partial charge in [-0.3, -0.25) is 4.79 Å². The number of halogens is 2. The van der Waals surface area contributed by atoms with Crippen LogP contribution in [0.1, 0.15) is 34.0 Å². The summed E-state index contributed by atoms with van der Waals surface area (Å²) in [7, 11) is 2.00. The zero-order valence-corrected chi connectivity index (χ0v) is 18.7. The number of amides is 1. The molecule has 0 bridgehead atoms. The SMILES string of the molecule is CC1=C(c2ccc3c(c2)CN([C@H](CN)Cc2cc(F)cc(I)c2)C3=O)N(C)NC1. The van der Waals surface area contributed by atoms with Gasteiger partial charge in [-0.15, -0.1) is 0 Å². The van der Waals surface area contributed by atoms with E-state index in [4.69, 9.17) is 5.73 Å². The lowest BCUT2D eigenvalue weighted by atomic mass is 10.0. The minimum atomic E-state index is -0.263. The van der Waals surface area contributed by atoms with Crippen LogP contribution < -0.4 is 11.2 Å². The van der Waals surface area contributed by atoms with Crippen LogP contribution in [-0.4, -0.2) is 42.0 Å². The van der Waals surface area contributed by atoms with Crippen molar-refractivity contribution in [3.8, 4) is 0 Å². The van der Waals surface area contributed by atoms with Crippen molar-refractivity contribution in [1.82, 2.24) is 15.3 Å². The van der Waals surface area contributed by atoms with Crippen LogP contribution in [-0.2, 0) is 13.0 Å². The molecular formula is C22H24FIN4O. The van der Waals surface area contributed by atoms with Gasteiger partial charge in [0.2, 0.25) is 0 Å². The van der Waals surface area contributed by atoms with Gasteiger partial charge in [0, 0.05) is 41.9 Å². The van der Waals surface area contributed by atoms with Gasteiger partial charge in [-0.1, -0.05) is 6.07 Å². The Morgan fingerprint density at radius 3 is 2.72 bits per heavy atom. The number of nitrogens with zero attached hydrogens (tertiary/aromatic N) is 2. The molecule has 3 N–H and O–H groups in total. The molecule has 0 saturated carbocycles. The highest BCUT2D eigenvalue weighted by Crippen LogP contribution is 2.31. The number of hydrogen-bond acceptors (Lipinski definition) is 4. The van der Waals surface area contributed by atoms with Gasteiger partial charge in [0.15, 0.2) is 0 Å². The molecule has 2 heterocycles. The molecule has 152 valence electrons. The number of carbonyl (C=O) groups is 1. The summed E-state index contributed by atoms with van der Waals surface area (Å²) < 4.78 is 14.6. The first-order valence-electron chi connectivity index (χ1n) is 9.63. The summed E-state index contributed by atoms with van der Waals surface area (Å²) >= 11 is 2.10. The molecule has 0 saturated heterocycles. The Morgan fingerprint density at radius 1 is 1.28 bits per heavy atom. The van der Waals surface area contributed by atoms with E-state index in [0.29, 0.717) is 19.5 Å². The lowest BCUT2D eigenvalue weighted by molar-refractivity contribution is 0.0708. The molecule has 1 atom stereocenters. The quantitative estimate of drug-likeness (QED) is 0.613. The highest BCUT2D eigenvalue weighted by Gasteiger charge is 2.33. The molecule has 5 nitrogen and oxygen atoms in total. The van der Waals surface area contributed by atoms with Crippen LogP contribution in [0.25, 0.3) is 5.70 Å². The van der Waals surface area contributed by atoms with Gasteiger partial charge in [0.1, 0.15) is 5.82 Å². The topological polar surface area (TPSA) is 61.6 Å². The Hall–Kier alpha value is -1.97. The van der Waals surface area contributed by atoms with Crippen LogP contribution in [0.5, 0.6) is 0 Å². The van der Waals surface area contributed by atoms with E-state index < -0.39 is 0 Å². The van der Waals surface area contributed by atoms with Crippen LogP contribution in [0.3, 0.4) is 0 Å². The van der Waals surface area contributed by atoms with Crippen LogP contribution in [0.4, 0.5) is 4.39 Å². The van der Waals surface area contributed by atoms with Crippen molar-refractivity contribution in [2.45, 2.75) is 25.9 Å². The first-order valence-corrected chi connectivity index (χ1v) is 10.7. The lowest BCUT2D eigenvalue weighted by Crippen LogP contribution is -2.42. The van der Waals surface area contributed by atoms with E-state index in [1.54, 1.807) is 0 Å². The number of carbonyl (C=O) groups excluding carboxylic acids is 1. The number of nitrogens with two attached hydrogens (primary N) is 1. The number of nitrogens with one attached hydrogen (secondary N) is 1. The average molecular weight is 506 g/mol. The van der Waals surface area contributed by atoms with E-state index in [9.17, 15) is 9.18 Å². The average Bonchev–Trinajstić information content (AvgIpc) is 3.17. The van der Waals surface area contributed by atoms with Crippen LogP contribution in [0, 0.1) is 9.39 Å². The number of rotatable bonds is 5. The van der Waals surface area contributed by atoms with E-state index in [-0.39, 0.29) is 17.8 Å². The fourth-order valence-electron chi connectivity index (χ4n) is 4.23. The standard InChI is InChI=1S/C22H24FIN4O/c1-13-11-26-27(2)21(13)15-3-4-20-16(8-15)12-28(22(20)29)19(10-25)7-14-5-17(23)9-18(24)6-14/h3-6,8-9,19,26H,7,10-12,25H2,1-2H3/t19-/m0/s1. The second-order valence-electron chi connectivity index (χ2n) is 7.70. The third kappa shape index (κ3) is 3.91. The number of benzene rings is 2. The van der Waals surface area contributed by atoms with Gasteiger partial charge in [-0.05, 0) is 88.5 Å². The Bertz CT molecular complexity index is 986. The fraction of sp³-hybridized carbons (Fsp3) is 0.318. The predicted molar refractivity (Wildman–Crippen MR) is 120 cm³/mol. The first kappa shape index (κ1) is 20.3. The molecule has 2 aromatic rings. The molecule has 0 aliphatic carbocycles. The summed E-state index contributed by atoms with van der Waals surface area (Å²) in [6, 6.07) is 10.8. The number of hydrazine groups is 1. The lowest BCUT2D eigenvalue weighted by Gasteiger charge is -2.27. The molecule has 0 unspecified atom stereocenters. The van der Waals surface area contributed by atoms with Crippen molar-refractivity contribution < 1.29 is 9.18 Å². The smallest absolute Gasteiger partial charge is 0.254 e. The van der Waals surface area contributed by atoms with Crippen LogP contribution >= 0.6 is 22.6 Å². The second kappa shape index (κ2) is 8.04. The largest absolute Gasteiger partial charge is 0.330 e. The van der Waals surface area contributed by atoms with Crippen molar-refractivity contribution in [1.29, 1.82) is 0 Å². The van der Waals surface area contributed by atoms with Gasteiger partial charge >= 0.3 is 0 Å². The molecule has 1 amide bonds. The van der Waals surface area contributed by atoms with Crippen LogP contribution in [0.15, 0.2) is 42.0 Å². The summed E-state index contributed by atoms with van der Waals surface area (Å²) in [5.41, 5.74) is 15.5. The monoisotopic (exact) mass is 506 g/mol. The predicted octanol–water partition coefficient (Wildman–Crippen LogP) is 3.14. The molecule has 0 spiro atoms. The maximum Gasteiger partial charge on any atom is 0.254 e. The van der Waals surface area contributed by atoms with Crippen molar-refractivity contribution in [3.05, 3.63) is 73.6 Å². The minimum Gasteiger partial charge on any atom is -0.330 e. The summed E-state index contributed by atoms with van der Waals surface area (Å²) in [5.74, 6) is -0.266. The summed E-state index contributed by atoms with van der Waals surface area (Å²) in [4.78, 5) is 14.9. The van der Waals surface area contributed by atoms with Crippen molar-refractivity contribution in [2.24, 2.45) is 5.73 Å². The highest BCUT2D eigenvalue weighted by molar-refractivity contribution is 14.1. The highest BCUT2D eigenvalue weighted by atomic mass is 127. The molecule has 7 heteroatoms. The van der Waals surface area contributed by atoms with E-state index in [1.807, 2.05) is 35.2 Å². The first-order chi connectivity index (χ1) is 13.9. The van der Waals surface area contributed by atoms with Gasteiger partial charge in [-0.25, -0.2) is 9.82 Å². The zero-order chi connectivity index (χ0) is 20.7. The van der Waals surface area contributed by atoms with Crippen molar-refractivity contribution in [2.75, 3.05) is 20.1 Å². The Labute approximate surface area is 183 Å². The van der Waals surface area contributed by atoms with Gasteiger partial charge in [-0.2, -0.15) is 0 Å². The van der Waals surface area contributed by atoms with Crippen LogP contribution in [0.2, 0.25) is 0 Å². The summed E-state index contributed by atoms with van der Waals surface area (Å²) in [6.45, 7) is 3.80.